The van der Waals surface area contributed by atoms with Crippen LogP contribution in [0.5, 0.6) is 0 Å². The quantitative estimate of drug-likeness (QED) is 0.752. The fourth-order valence-electron chi connectivity index (χ4n) is 1.65. The van der Waals surface area contributed by atoms with Crippen LogP contribution in [0, 0.1) is 5.92 Å². The fourth-order valence-corrected chi connectivity index (χ4v) is 1.83. The SMILES string of the molecule is CC(C)C(=O)N1N=Cc2cc(Cl)ccc2B1O. The van der Waals surface area contributed by atoms with Crippen molar-refractivity contribution in [3.63, 3.8) is 0 Å². The van der Waals surface area contributed by atoms with Gasteiger partial charge in [-0.15, -0.1) is 0 Å². The van der Waals surface area contributed by atoms with E-state index in [1.807, 2.05) is 0 Å². The summed E-state index contributed by atoms with van der Waals surface area (Å²) >= 11 is 5.85. The van der Waals surface area contributed by atoms with Crippen LogP contribution < -0.4 is 5.46 Å². The summed E-state index contributed by atoms with van der Waals surface area (Å²) in [5.74, 6) is -0.426. The van der Waals surface area contributed by atoms with Gasteiger partial charge in [-0.05, 0) is 23.2 Å². The maximum atomic E-state index is 11.8. The number of fused-ring (bicyclic) bond motifs is 1. The third-order valence-electron chi connectivity index (χ3n) is 2.60. The number of carbonyl (C=O) groups is 1. The molecule has 0 spiro atoms. The van der Waals surface area contributed by atoms with Crippen molar-refractivity contribution in [2.24, 2.45) is 11.0 Å². The molecule has 4 nitrogen and oxygen atoms in total. The van der Waals surface area contributed by atoms with Gasteiger partial charge in [-0.25, -0.2) is 4.92 Å². The van der Waals surface area contributed by atoms with Crippen LogP contribution in [0.25, 0.3) is 0 Å². The van der Waals surface area contributed by atoms with Gasteiger partial charge in [-0.3, -0.25) is 4.79 Å². The molecule has 1 amide bonds. The van der Waals surface area contributed by atoms with Crippen LogP contribution >= 0.6 is 11.6 Å². The lowest BCUT2D eigenvalue weighted by Crippen LogP contribution is -2.53. The van der Waals surface area contributed by atoms with Crippen LogP contribution in [0.15, 0.2) is 23.3 Å². The molecule has 0 aliphatic carbocycles. The van der Waals surface area contributed by atoms with Crippen LogP contribution in [0.4, 0.5) is 0 Å². The Morgan fingerprint density at radius 2 is 2.24 bits per heavy atom. The number of benzene rings is 1. The standard InChI is InChI=1S/C11H12BClN2O2/c1-7(2)11(16)15-12(17)10-4-3-9(13)5-8(10)6-14-15/h3-7,17H,1-2H3. The van der Waals surface area contributed by atoms with E-state index in [4.69, 9.17) is 11.6 Å². The molecule has 1 heterocycles. The molecule has 0 saturated heterocycles. The molecule has 1 aliphatic heterocycles. The first-order chi connectivity index (χ1) is 8.00. The minimum Gasteiger partial charge on any atom is -0.427 e. The Labute approximate surface area is 105 Å². The van der Waals surface area contributed by atoms with Gasteiger partial charge in [0.15, 0.2) is 0 Å². The summed E-state index contributed by atoms with van der Waals surface area (Å²) in [5.41, 5.74) is 1.37. The van der Waals surface area contributed by atoms with E-state index in [2.05, 4.69) is 5.10 Å². The minimum absolute atomic E-state index is 0.212. The number of hydrogen-bond donors (Lipinski definition) is 1. The van der Waals surface area contributed by atoms with E-state index < -0.39 is 7.05 Å². The Morgan fingerprint density at radius 3 is 2.88 bits per heavy atom. The highest BCUT2D eigenvalue weighted by molar-refractivity contribution is 6.67. The predicted molar refractivity (Wildman–Crippen MR) is 68.3 cm³/mol. The monoisotopic (exact) mass is 250 g/mol. The summed E-state index contributed by atoms with van der Waals surface area (Å²) < 4.78 is 0. The molecule has 88 valence electrons. The van der Waals surface area contributed by atoms with Gasteiger partial charge >= 0.3 is 7.05 Å². The molecular formula is C11H12BClN2O2. The number of halogens is 1. The Hall–Kier alpha value is -1.33. The van der Waals surface area contributed by atoms with E-state index in [-0.39, 0.29) is 11.8 Å². The Kier molecular flexibility index (Phi) is 3.22. The van der Waals surface area contributed by atoms with Crippen LogP contribution in [0.2, 0.25) is 5.02 Å². The zero-order chi connectivity index (χ0) is 12.6. The summed E-state index contributed by atoms with van der Waals surface area (Å²) in [6, 6.07) is 5.09. The molecule has 2 rings (SSSR count). The summed E-state index contributed by atoms with van der Waals surface area (Å²) in [5, 5.41) is 14.6. The van der Waals surface area contributed by atoms with Crippen molar-refractivity contribution in [2.75, 3.05) is 0 Å². The third kappa shape index (κ3) is 2.21. The molecule has 6 heteroatoms. The van der Waals surface area contributed by atoms with Crippen molar-refractivity contribution >= 4 is 36.2 Å². The molecular weight excluding hydrogens is 238 g/mol. The molecule has 1 aliphatic rings. The van der Waals surface area contributed by atoms with Crippen molar-refractivity contribution in [3.8, 4) is 0 Å². The fraction of sp³-hybridized carbons (Fsp3) is 0.273. The van der Waals surface area contributed by atoms with Gasteiger partial charge in [0.25, 0.3) is 0 Å². The molecule has 0 unspecified atom stereocenters. The number of carbonyl (C=O) groups excluding carboxylic acids is 1. The second-order valence-electron chi connectivity index (χ2n) is 4.23. The van der Waals surface area contributed by atoms with Crippen molar-refractivity contribution < 1.29 is 9.82 Å². The number of rotatable bonds is 1. The van der Waals surface area contributed by atoms with E-state index in [9.17, 15) is 9.82 Å². The molecule has 0 saturated carbocycles. The Bertz CT molecular complexity index is 490. The molecule has 1 N–H and O–H groups in total. The molecule has 0 radical (unpaired) electrons. The van der Waals surface area contributed by atoms with Crippen LogP contribution in [0.3, 0.4) is 0 Å². The number of nitrogens with zero attached hydrogens (tertiary/aromatic N) is 2. The molecule has 17 heavy (non-hydrogen) atoms. The van der Waals surface area contributed by atoms with Crippen LogP contribution in [-0.2, 0) is 4.79 Å². The highest BCUT2D eigenvalue weighted by Crippen LogP contribution is 2.14. The predicted octanol–water partition coefficient (Wildman–Crippen LogP) is 0.860. The maximum Gasteiger partial charge on any atom is 0.474 e. The van der Waals surface area contributed by atoms with Gasteiger partial charge < -0.3 is 5.02 Å². The van der Waals surface area contributed by atoms with Gasteiger partial charge in [0.05, 0.1) is 6.21 Å². The lowest BCUT2D eigenvalue weighted by Gasteiger charge is -2.26. The Balaban J connectivity index is 2.37. The third-order valence-corrected chi connectivity index (χ3v) is 2.83. The molecule has 0 aromatic heterocycles. The van der Waals surface area contributed by atoms with E-state index in [1.165, 1.54) is 6.21 Å². The number of hydrazone groups is 1. The van der Waals surface area contributed by atoms with Crippen molar-refractivity contribution in [1.29, 1.82) is 0 Å². The van der Waals surface area contributed by atoms with E-state index in [1.54, 1.807) is 32.0 Å². The first-order valence-electron chi connectivity index (χ1n) is 5.35. The van der Waals surface area contributed by atoms with E-state index in [0.717, 1.165) is 10.5 Å². The second-order valence-corrected chi connectivity index (χ2v) is 4.67. The maximum absolute atomic E-state index is 11.8. The van der Waals surface area contributed by atoms with Gasteiger partial charge in [0.1, 0.15) is 0 Å². The summed E-state index contributed by atoms with van der Waals surface area (Å²) in [4.78, 5) is 12.9. The summed E-state index contributed by atoms with van der Waals surface area (Å²) in [6.07, 6.45) is 1.54. The summed E-state index contributed by atoms with van der Waals surface area (Å²) in [6.45, 7) is 3.53. The van der Waals surface area contributed by atoms with Crippen LogP contribution in [-0.4, -0.2) is 29.1 Å². The van der Waals surface area contributed by atoms with Crippen molar-refractivity contribution in [1.82, 2.24) is 4.92 Å². The zero-order valence-electron chi connectivity index (χ0n) is 9.59. The molecule has 0 atom stereocenters. The zero-order valence-corrected chi connectivity index (χ0v) is 10.3. The van der Waals surface area contributed by atoms with Crippen LogP contribution in [0.1, 0.15) is 19.4 Å². The van der Waals surface area contributed by atoms with E-state index >= 15 is 0 Å². The highest BCUT2D eigenvalue weighted by atomic mass is 35.5. The van der Waals surface area contributed by atoms with Gasteiger partial charge in [-0.2, -0.15) is 5.10 Å². The van der Waals surface area contributed by atoms with Gasteiger partial charge in [0, 0.05) is 10.9 Å². The molecule has 1 aromatic rings. The molecule has 1 aromatic carbocycles. The topological polar surface area (TPSA) is 52.9 Å². The minimum atomic E-state index is -1.04. The van der Waals surface area contributed by atoms with Gasteiger partial charge in [0.2, 0.25) is 5.91 Å². The summed E-state index contributed by atoms with van der Waals surface area (Å²) in [7, 11) is -1.04. The van der Waals surface area contributed by atoms with Gasteiger partial charge in [-0.1, -0.05) is 31.5 Å². The van der Waals surface area contributed by atoms with E-state index in [0.29, 0.717) is 10.5 Å². The Morgan fingerprint density at radius 1 is 1.53 bits per heavy atom. The van der Waals surface area contributed by atoms with Crippen molar-refractivity contribution in [3.05, 3.63) is 28.8 Å². The highest BCUT2D eigenvalue weighted by Gasteiger charge is 2.34. The number of amides is 1. The average molecular weight is 250 g/mol. The second kappa shape index (κ2) is 4.51. The number of hydrogen-bond acceptors (Lipinski definition) is 3. The first kappa shape index (κ1) is 12.1. The average Bonchev–Trinajstić information content (AvgIpc) is 2.28. The lowest BCUT2D eigenvalue weighted by atomic mass is 9.69. The largest absolute Gasteiger partial charge is 0.474 e. The normalized spacial score (nSPS) is 14.2. The first-order valence-corrected chi connectivity index (χ1v) is 5.73. The molecule has 0 bridgehead atoms. The smallest absolute Gasteiger partial charge is 0.427 e. The molecule has 0 fully saturated rings. The lowest BCUT2D eigenvalue weighted by molar-refractivity contribution is -0.130. The van der Waals surface area contributed by atoms with Crippen molar-refractivity contribution in [2.45, 2.75) is 13.8 Å².